The fraction of sp³-hybridized carbons (Fsp3) is 0.129. The molecule has 4 aromatic carbocycles. The van der Waals surface area contributed by atoms with Crippen LogP contribution in [0.4, 0.5) is 0 Å². The highest BCUT2D eigenvalue weighted by Gasteiger charge is 2.43. The Morgan fingerprint density at radius 3 is 1.64 bits per heavy atom. The summed E-state index contributed by atoms with van der Waals surface area (Å²) in [6.07, 6.45) is 2.11. The van der Waals surface area contributed by atoms with Gasteiger partial charge in [0.25, 0.3) is 0 Å². The van der Waals surface area contributed by atoms with Crippen molar-refractivity contribution in [2.75, 3.05) is 13.2 Å². The minimum atomic E-state index is -3.67. The van der Waals surface area contributed by atoms with Crippen LogP contribution < -0.4 is 15.9 Å². The first-order valence-corrected chi connectivity index (χ1v) is 15.6. The molecule has 36 heavy (non-hydrogen) atoms. The molecule has 5 rings (SSSR count). The zero-order valence-electron chi connectivity index (χ0n) is 20.6. The molecule has 0 unspecified atom stereocenters. The number of benzene rings is 4. The van der Waals surface area contributed by atoms with E-state index in [0.717, 1.165) is 32.3 Å². The fourth-order valence-corrected chi connectivity index (χ4v) is 13.2. The van der Waals surface area contributed by atoms with E-state index in [2.05, 4.69) is 91.0 Å². The maximum atomic E-state index is 14.8. The predicted molar refractivity (Wildman–Crippen MR) is 155 cm³/mol. The summed E-state index contributed by atoms with van der Waals surface area (Å²) in [6, 6.07) is 39.7. The molecule has 5 heteroatoms. The minimum Gasteiger partial charge on any atom is -0.305 e. The van der Waals surface area contributed by atoms with E-state index in [1.54, 1.807) is 0 Å². The van der Waals surface area contributed by atoms with Crippen LogP contribution in [-0.2, 0) is 13.6 Å². The van der Waals surface area contributed by atoms with E-state index in [-0.39, 0.29) is 0 Å². The maximum absolute atomic E-state index is 14.8. The van der Waals surface area contributed by atoms with Crippen molar-refractivity contribution in [2.24, 2.45) is 0 Å². The van der Waals surface area contributed by atoms with Gasteiger partial charge in [0.2, 0.25) is 0 Å². The number of allylic oxidation sites excluding steroid dienone is 1. The first-order valence-electron chi connectivity index (χ1n) is 12.3. The van der Waals surface area contributed by atoms with Crippen LogP contribution >= 0.6 is 14.5 Å². The Bertz CT molecular complexity index is 1420. The average Bonchev–Trinajstić information content (AvgIpc) is 2.94. The van der Waals surface area contributed by atoms with E-state index >= 15 is 0 Å². The van der Waals surface area contributed by atoms with E-state index < -0.39 is 14.5 Å². The van der Waals surface area contributed by atoms with Gasteiger partial charge >= 0.3 is 7.60 Å². The Hall–Kier alpha value is -2.93. The lowest BCUT2D eigenvalue weighted by Gasteiger charge is -2.38. The summed E-state index contributed by atoms with van der Waals surface area (Å²) in [4.78, 5) is 0. The third-order valence-electron chi connectivity index (χ3n) is 6.42. The van der Waals surface area contributed by atoms with E-state index in [1.165, 1.54) is 5.30 Å². The second-order valence-corrected chi connectivity index (χ2v) is 14.2. The van der Waals surface area contributed by atoms with E-state index in [0.29, 0.717) is 13.2 Å². The van der Waals surface area contributed by atoms with Crippen molar-refractivity contribution in [1.29, 1.82) is 0 Å². The van der Waals surface area contributed by atoms with Gasteiger partial charge in [-0.2, -0.15) is 0 Å². The van der Waals surface area contributed by atoms with Gasteiger partial charge < -0.3 is 9.05 Å². The molecule has 0 radical (unpaired) electrons. The molecule has 0 aromatic heterocycles. The van der Waals surface area contributed by atoms with Crippen LogP contribution in [0.1, 0.15) is 25.0 Å². The first-order chi connectivity index (χ1) is 17.6. The van der Waals surface area contributed by atoms with Crippen molar-refractivity contribution < 1.29 is 13.6 Å². The third kappa shape index (κ3) is 4.17. The van der Waals surface area contributed by atoms with Crippen LogP contribution in [0.2, 0.25) is 0 Å². The molecule has 0 saturated heterocycles. The van der Waals surface area contributed by atoms with Gasteiger partial charge in [0.05, 0.1) is 18.2 Å². The van der Waals surface area contributed by atoms with E-state index in [4.69, 9.17) is 9.05 Å². The van der Waals surface area contributed by atoms with Crippen molar-refractivity contribution in [1.82, 2.24) is 0 Å². The minimum absolute atomic E-state index is 0.292. The lowest BCUT2D eigenvalue weighted by molar-refractivity contribution is 0.233. The van der Waals surface area contributed by atoms with Gasteiger partial charge in [0.15, 0.2) is 0 Å². The molecule has 0 spiro atoms. The quantitative estimate of drug-likeness (QED) is 0.243. The number of hydrogen-bond acceptors (Lipinski definition) is 3. The first kappa shape index (κ1) is 24.8. The zero-order valence-corrected chi connectivity index (χ0v) is 22.4. The molecule has 4 aromatic rings. The zero-order chi connectivity index (χ0) is 25.0. The Balaban J connectivity index is 2.05. The van der Waals surface area contributed by atoms with Crippen LogP contribution in [0.3, 0.4) is 0 Å². The summed E-state index contributed by atoms with van der Waals surface area (Å²) in [5.74, 6) is 0. The Kier molecular flexibility index (Phi) is 7.28. The smallest absolute Gasteiger partial charge is 0.305 e. The summed E-state index contributed by atoms with van der Waals surface area (Å²) >= 11 is 0. The SMILES string of the molecule is CCOP(=O)(OCC)C1=P(c2ccccc2)(c2ccccc2)c2ccccc2C(c2ccccc2)=C1. The molecule has 0 aliphatic carbocycles. The van der Waals surface area contributed by atoms with Gasteiger partial charge in [-0.25, -0.2) is 0 Å². The summed E-state index contributed by atoms with van der Waals surface area (Å²) < 4.78 is 27.0. The van der Waals surface area contributed by atoms with Crippen molar-refractivity contribution in [3.63, 3.8) is 0 Å². The summed E-state index contributed by atoms with van der Waals surface area (Å²) in [5.41, 5.74) is 3.25. The van der Waals surface area contributed by atoms with Crippen LogP contribution in [0, 0.1) is 0 Å². The summed E-state index contributed by atoms with van der Waals surface area (Å²) in [7, 11) is -3.67. The highest BCUT2D eigenvalue weighted by atomic mass is 31.2. The second kappa shape index (κ2) is 10.6. The van der Waals surface area contributed by atoms with E-state index in [1.807, 2.05) is 44.2 Å². The normalized spacial score (nSPS) is 14.7. The third-order valence-corrected chi connectivity index (χ3v) is 14.0. The molecule has 1 aliphatic heterocycles. The van der Waals surface area contributed by atoms with Gasteiger partial charge in [0.1, 0.15) is 0 Å². The molecule has 1 aliphatic rings. The highest BCUT2D eigenvalue weighted by Crippen LogP contribution is 2.64. The second-order valence-electron chi connectivity index (χ2n) is 8.47. The Morgan fingerprint density at radius 1 is 0.639 bits per heavy atom. The lowest BCUT2D eigenvalue weighted by atomic mass is 9.97. The topological polar surface area (TPSA) is 35.5 Å². The van der Waals surface area contributed by atoms with E-state index in [9.17, 15) is 4.57 Å². The molecular weight excluding hydrogens is 482 g/mol. The average molecular weight is 513 g/mol. The number of hydrogen-bond donors (Lipinski definition) is 0. The van der Waals surface area contributed by atoms with Gasteiger partial charge in [-0.15, -0.1) is 0 Å². The van der Waals surface area contributed by atoms with Crippen LogP contribution in [0.5, 0.6) is 0 Å². The van der Waals surface area contributed by atoms with Gasteiger partial charge in [-0.05, 0) is 59.4 Å². The summed E-state index contributed by atoms with van der Waals surface area (Å²) in [6.45, 7) is 1.72. The van der Waals surface area contributed by atoms with Crippen molar-refractivity contribution >= 4 is 41.0 Å². The molecule has 1 heterocycles. The van der Waals surface area contributed by atoms with Crippen LogP contribution in [0.15, 0.2) is 121 Å². The van der Waals surface area contributed by atoms with Crippen LogP contribution in [-0.4, -0.2) is 18.2 Å². The molecule has 3 nitrogen and oxygen atoms in total. The van der Waals surface area contributed by atoms with Crippen molar-refractivity contribution in [3.8, 4) is 0 Å². The summed E-state index contributed by atoms with van der Waals surface area (Å²) in [5, 5.41) is 4.16. The largest absolute Gasteiger partial charge is 0.362 e. The molecule has 0 amide bonds. The lowest BCUT2D eigenvalue weighted by Crippen LogP contribution is -2.34. The van der Waals surface area contributed by atoms with Crippen molar-refractivity contribution in [2.45, 2.75) is 13.8 Å². The van der Waals surface area contributed by atoms with Crippen LogP contribution in [0.25, 0.3) is 5.57 Å². The van der Waals surface area contributed by atoms with Gasteiger partial charge in [-0.1, -0.05) is 115 Å². The van der Waals surface area contributed by atoms with Gasteiger partial charge in [0, 0.05) is 0 Å². The molecule has 0 bridgehead atoms. The molecular formula is C31H30O3P2. The molecule has 0 fully saturated rings. The highest BCUT2D eigenvalue weighted by molar-refractivity contribution is 8.06. The monoisotopic (exact) mass is 512 g/mol. The Morgan fingerprint density at radius 2 is 1.11 bits per heavy atom. The molecule has 182 valence electrons. The standard InChI is InChI=1S/C31H30O3P2/c1-3-33-36(32,34-4-2)31-24-29(25-16-8-5-9-17-25)28-22-14-15-23-30(28)35(31,26-18-10-6-11-19-26)27-20-12-7-13-21-27/h5-24H,3-4H2,1-2H3. The molecule has 0 atom stereocenters. The predicted octanol–water partition coefficient (Wildman–Crippen LogP) is 6.82. The van der Waals surface area contributed by atoms with Crippen molar-refractivity contribution in [3.05, 3.63) is 132 Å². The maximum Gasteiger partial charge on any atom is 0.362 e. The van der Waals surface area contributed by atoms with Gasteiger partial charge in [-0.3, -0.25) is 4.57 Å². The number of rotatable bonds is 8. The number of fused-ring (bicyclic) bond motifs is 1. The molecule has 0 saturated carbocycles. The fourth-order valence-electron chi connectivity index (χ4n) is 5.04. The Labute approximate surface area is 213 Å². The molecule has 0 N–H and O–H groups in total.